The van der Waals surface area contributed by atoms with Crippen LogP contribution in [-0.2, 0) is 11.3 Å². The summed E-state index contributed by atoms with van der Waals surface area (Å²) < 4.78 is 13.4. The van der Waals surface area contributed by atoms with Crippen LogP contribution in [0.4, 0.5) is 16.2 Å². The number of fused-ring (bicyclic) bond motifs is 1. The van der Waals surface area contributed by atoms with Gasteiger partial charge in [-0.15, -0.1) is 0 Å². The fourth-order valence-electron chi connectivity index (χ4n) is 4.86. The van der Waals surface area contributed by atoms with Crippen LogP contribution in [-0.4, -0.2) is 63.6 Å². The molecule has 0 radical (unpaired) electrons. The van der Waals surface area contributed by atoms with Gasteiger partial charge in [0.2, 0.25) is 0 Å². The molecule has 216 valence electrons. The van der Waals surface area contributed by atoms with Gasteiger partial charge in [-0.3, -0.25) is 14.4 Å². The van der Waals surface area contributed by atoms with Gasteiger partial charge >= 0.3 is 6.09 Å². The fourth-order valence-corrected chi connectivity index (χ4v) is 5.35. The van der Waals surface area contributed by atoms with Crippen molar-refractivity contribution in [3.63, 3.8) is 0 Å². The number of aromatic amines is 1. The van der Waals surface area contributed by atoms with Crippen molar-refractivity contribution in [3.8, 4) is 5.75 Å². The van der Waals surface area contributed by atoms with Crippen molar-refractivity contribution in [1.82, 2.24) is 25.1 Å². The van der Waals surface area contributed by atoms with E-state index in [1.165, 1.54) is 6.20 Å². The summed E-state index contributed by atoms with van der Waals surface area (Å²) in [5.41, 5.74) is 2.36. The van der Waals surface area contributed by atoms with Crippen molar-refractivity contribution in [1.29, 1.82) is 0 Å². The van der Waals surface area contributed by atoms with Crippen LogP contribution < -0.4 is 20.3 Å². The molecule has 4 heterocycles. The highest BCUT2D eigenvalue weighted by Crippen LogP contribution is 2.40. The van der Waals surface area contributed by atoms with E-state index in [0.29, 0.717) is 45.5 Å². The fraction of sp³-hybridized carbons (Fsp3) is 0.379. The van der Waals surface area contributed by atoms with Gasteiger partial charge in [-0.05, 0) is 73.8 Å². The van der Waals surface area contributed by atoms with Crippen molar-refractivity contribution in [2.75, 3.05) is 30.4 Å². The lowest BCUT2D eigenvalue weighted by Crippen LogP contribution is -2.50. The summed E-state index contributed by atoms with van der Waals surface area (Å²) in [4.78, 5) is 36.3. The Morgan fingerprint density at radius 3 is 2.68 bits per heavy atom. The van der Waals surface area contributed by atoms with Gasteiger partial charge in [0.25, 0.3) is 5.91 Å². The number of benzene rings is 1. The molecule has 0 spiro atoms. The Labute approximate surface area is 246 Å². The van der Waals surface area contributed by atoms with Gasteiger partial charge in [0.1, 0.15) is 17.0 Å². The van der Waals surface area contributed by atoms with Gasteiger partial charge < -0.3 is 25.1 Å². The number of hydrogen-bond acceptors (Lipinski definition) is 7. The predicted octanol–water partition coefficient (Wildman–Crippen LogP) is 5.32. The van der Waals surface area contributed by atoms with E-state index in [9.17, 15) is 9.59 Å². The van der Waals surface area contributed by atoms with E-state index in [-0.39, 0.29) is 11.9 Å². The summed E-state index contributed by atoms with van der Waals surface area (Å²) in [5, 5.41) is 11.3. The number of hydrogen-bond donors (Lipinski definition) is 3. The third kappa shape index (κ3) is 6.54. The molecule has 0 unspecified atom stereocenters. The highest BCUT2D eigenvalue weighted by Gasteiger charge is 2.34. The zero-order valence-electron chi connectivity index (χ0n) is 23.5. The Bertz CT molecular complexity index is 1540. The number of anilines is 2. The average Bonchev–Trinajstić information content (AvgIpc) is 3.57. The second kappa shape index (κ2) is 11.9. The standard InChI is InChI=1S/C29H34BrN7O4/c1-29(2,3)41-28(39)37(20-6-5-11-31-13-20)25-22(30)14-32-26-24(25)23(15-33-26)35-27(38)19-12-34-36(17-19)16-18-7-9-21(40-4)10-8-18/h7-10,12,14-15,17,20,31H,5-6,11,13,16H2,1-4H3,(H,32,33)(H,35,38)/t20-/m1/s1. The summed E-state index contributed by atoms with van der Waals surface area (Å²) in [7, 11) is 1.63. The smallest absolute Gasteiger partial charge is 0.415 e. The van der Waals surface area contributed by atoms with Crippen LogP contribution >= 0.6 is 15.9 Å². The Balaban J connectivity index is 1.44. The van der Waals surface area contributed by atoms with Crippen LogP contribution in [0.25, 0.3) is 11.0 Å². The van der Waals surface area contributed by atoms with E-state index in [2.05, 4.69) is 41.6 Å². The number of amides is 2. The van der Waals surface area contributed by atoms with Crippen LogP contribution in [0.3, 0.4) is 0 Å². The maximum Gasteiger partial charge on any atom is 0.415 e. The largest absolute Gasteiger partial charge is 0.497 e. The van der Waals surface area contributed by atoms with Crippen molar-refractivity contribution >= 4 is 50.3 Å². The Kier molecular flexibility index (Phi) is 8.32. The van der Waals surface area contributed by atoms with Crippen LogP contribution in [0, 0.1) is 0 Å². The first-order valence-corrected chi connectivity index (χ1v) is 14.3. The minimum atomic E-state index is -0.683. The molecule has 0 saturated carbocycles. The number of carbonyl (C=O) groups excluding carboxylic acids is 2. The van der Waals surface area contributed by atoms with Gasteiger partial charge in [0.05, 0.1) is 52.7 Å². The Morgan fingerprint density at radius 2 is 2.00 bits per heavy atom. The molecule has 1 aliphatic heterocycles. The molecule has 2 amide bonds. The Morgan fingerprint density at radius 1 is 1.22 bits per heavy atom. The highest BCUT2D eigenvalue weighted by molar-refractivity contribution is 9.10. The number of nitrogens with one attached hydrogen (secondary N) is 3. The molecule has 1 atom stereocenters. The lowest BCUT2D eigenvalue weighted by molar-refractivity contribution is 0.0560. The normalized spacial score (nSPS) is 15.5. The summed E-state index contributed by atoms with van der Waals surface area (Å²) in [6.07, 6.45) is 7.83. The van der Waals surface area contributed by atoms with Gasteiger partial charge in [-0.25, -0.2) is 9.78 Å². The lowest BCUT2D eigenvalue weighted by atomic mass is 10.0. The second-order valence-electron chi connectivity index (χ2n) is 11.0. The first kappa shape index (κ1) is 28.6. The van der Waals surface area contributed by atoms with Crippen LogP contribution in [0.1, 0.15) is 49.5 Å². The number of H-pyrrole nitrogens is 1. The maximum absolute atomic E-state index is 13.6. The number of pyridine rings is 1. The highest BCUT2D eigenvalue weighted by atomic mass is 79.9. The molecule has 4 aromatic rings. The van der Waals surface area contributed by atoms with Gasteiger partial charge in [0.15, 0.2) is 0 Å². The van der Waals surface area contributed by atoms with Crippen LogP contribution in [0.15, 0.2) is 53.5 Å². The summed E-state index contributed by atoms with van der Waals surface area (Å²) in [5.74, 6) is 0.444. The summed E-state index contributed by atoms with van der Waals surface area (Å²) in [6.45, 7) is 7.55. The van der Waals surface area contributed by atoms with Crippen LogP contribution in [0.5, 0.6) is 5.75 Å². The lowest BCUT2D eigenvalue weighted by Gasteiger charge is -2.36. The quantitative estimate of drug-likeness (QED) is 0.254. The molecule has 11 nitrogen and oxygen atoms in total. The zero-order chi connectivity index (χ0) is 29.1. The second-order valence-corrected chi connectivity index (χ2v) is 11.8. The van der Waals surface area contributed by atoms with Crippen molar-refractivity contribution < 1.29 is 19.1 Å². The topological polar surface area (TPSA) is 126 Å². The van der Waals surface area contributed by atoms with E-state index >= 15 is 0 Å². The van der Waals surface area contributed by atoms with E-state index in [1.54, 1.807) is 35.3 Å². The number of ether oxygens (including phenoxy) is 2. The molecular formula is C29H34BrN7O4. The molecule has 3 N–H and O–H groups in total. The SMILES string of the molecule is COc1ccc(Cn2cc(C(=O)Nc3c[nH]c4ncc(Br)c(N(C(=O)OC(C)(C)C)[C@@H]5CCCNC5)c34)cn2)cc1. The number of carbonyl (C=O) groups is 2. The summed E-state index contributed by atoms with van der Waals surface area (Å²) >= 11 is 3.63. The molecule has 1 aliphatic rings. The molecule has 5 rings (SSSR count). The monoisotopic (exact) mass is 623 g/mol. The molecule has 1 saturated heterocycles. The average molecular weight is 625 g/mol. The number of rotatable bonds is 7. The Hall–Kier alpha value is -3.90. The molecule has 12 heteroatoms. The summed E-state index contributed by atoms with van der Waals surface area (Å²) in [6, 6.07) is 7.54. The number of methoxy groups -OCH3 is 1. The molecule has 0 bridgehead atoms. The molecular weight excluding hydrogens is 590 g/mol. The molecule has 41 heavy (non-hydrogen) atoms. The van der Waals surface area contributed by atoms with Gasteiger partial charge in [0, 0.05) is 25.1 Å². The number of piperidine rings is 1. The first-order valence-electron chi connectivity index (χ1n) is 13.5. The third-order valence-electron chi connectivity index (χ3n) is 6.74. The van der Waals surface area contributed by atoms with E-state index in [0.717, 1.165) is 30.7 Å². The minimum absolute atomic E-state index is 0.143. The minimum Gasteiger partial charge on any atom is -0.497 e. The molecule has 0 aliphatic carbocycles. The van der Waals surface area contributed by atoms with Crippen molar-refractivity contribution in [2.45, 2.75) is 51.8 Å². The van der Waals surface area contributed by atoms with E-state index < -0.39 is 11.7 Å². The van der Waals surface area contributed by atoms with Crippen LogP contribution in [0.2, 0.25) is 0 Å². The van der Waals surface area contributed by atoms with E-state index in [4.69, 9.17) is 9.47 Å². The predicted molar refractivity (Wildman–Crippen MR) is 161 cm³/mol. The van der Waals surface area contributed by atoms with Gasteiger partial charge in [-0.2, -0.15) is 5.10 Å². The molecule has 1 fully saturated rings. The van der Waals surface area contributed by atoms with Gasteiger partial charge in [-0.1, -0.05) is 12.1 Å². The first-order chi connectivity index (χ1) is 19.6. The number of halogens is 1. The zero-order valence-corrected chi connectivity index (χ0v) is 25.1. The van der Waals surface area contributed by atoms with Crippen molar-refractivity contribution in [3.05, 3.63) is 64.7 Å². The number of aromatic nitrogens is 4. The maximum atomic E-state index is 13.6. The third-order valence-corrected chi connectivity index (χ3v) is 7.32. The molecule has 1 aromatic carbocycles. The van der Waals surface area contributed by atoms with Crippen molar-refractivity contribution in [2.24, 2.45) is 0 Å². The number of nitrogens with zero attached hydrogens (tertiary/aromatic N) is 4. The molecule has 3 aromatic heterocycles. The van der Waals surface area contributed by atoms with E-state index in [1.807, 2.05) is 45.0 Å².